The van der Waals surface area contributed by atoms with Crippen LogP contribution in [0.25, 0.3) is 0 Å². The molecule has 102 valence electrons. The van der Waals surface area contributed by atoms with Gasteiger partial charge < -0.3 is 0 Å². The molecule has 20 heavy (non-hydrogen) atoms. The van der Waals surface area contributed by atoms with Gasteiger partial charge in [-0.1, -0.05) is 30.3 Å². The molecule has 2 N–H and O–H groups in total. The Morgan fingerprint density at radius 3 is 2.65 bits per heavy atom. The van der Waals surface area contributed by atoms with Gasteiger partial charge in [0.2, 0.25) is 11.7 Å². The van der Waals surface area contributed by atoms with E-state index in [4.69, 9.17) is 0 Å². The maximum absolute atomic E-state index is 11.7. The predicted molar refractivity (Wildman–Crippen MR) is 72.8 cm³/mol. The zero-order valence-corrected chi connectivity index (χ0v) is 10.4. The number of benzene rings is 1. The molecule has 0 unspecified atom stereocenters. The summed E-state index contributed by atoms with van der Waals surface area (Å²) in [7, 11) is 0. The average Bonchev–Trinajstić information content (AvgIpc) is 2.46. The molecule has 2 rings (SSSR count). The molecule has 1 amide bonds. The second-order valence-corrected chi connectivity index (χ2v) is 3.96. The van der Waals surface area contributed by atoms with Crippen LogP contribution in [0.5, 0.6) is 0 Å². The van der Waals surface area contributed by atoms with E-state index < -0.39 is 4.92 Å². The first kappa shape index (κ1) is 13.5. The van der Waals surface area contributed by atoms with Crippen LogP contribution < -0.4 is 10.9 Å². The van der Waals surface area contributed by atoms with Gasteiger partial charge in [-0.05, 0) is 11.6 Å². The van der Waals surface area contributed by atoms with E-state index in [9.17, 15) is 14.9 Å². The number of rotatable bonds is 5. The third-order valence-corrected chi connectivity index (χ3v) is 2.51. The average molecular weight is 272 g/mol. The molecule has 0 saturated carbocycles. The monoisotopic (exact) mass is 272 g/mol. The second kappa shape index (κ2) is 6.28. The lowest BCUT2D eigenvalue weighted by Gasteiger charge is -2.07. The molecule has 7 heteroatoms. The summed E-state index contributed by atoms with van der Waals surface area (Å²) in [5, 5.41) is 10.8. The van der Waals surface area contributed by atoms with Crippen molar-refractivity contribution in [3.63, 3.8) is 0 Å². The van der Waals surface area contributed by atoms with E-state index in [1.165, 1.54) is 18.3 Å². The van der Waals surface area contributed by atoms with Gasteiger partial charge in [-0.2, -0.15) is 0 Å². The van der Waals surface area contributed by atoms with Crippen molar-refractivity contribution >= 4 is 17.4 Å². The number of aromatic nitrogens is 1. The van der Waals surface area contributed by atoms with Gasteiger partial charge in [-0.15, -0.1) is 0 Å². The molecule has 0 spiro atoms. The molecular weight excluding hydrogens is 260 g/mol. The van der Waals surface area contributed by atoms with Crippen LogP contribution in [-0.2, 0) is 11.2 Å². The van der Waals surface area contributed by atoms with E-state index >= 15 is 0 Å². The van der Waals surface area contributed by atoms with Crippen molar-refractivity contribution in [2.45, 2.75) is 6.42 Å². The smallest absolute Gasteiger partial charge is 0.276 e. The summed E-state index contributed by atoms with van der Waals surface area (Å²) in [5.41, 5.74) is 5.50. The van der Waals surface area contributed by atoms with Crippen molar-refractivity contribution in [2.75, 3.05) is 5.43 Å². The van der Waals surface area contributed by atoms with Crippen molar-refractivity contribution in [3.05, 3.63) is 64.3 Å². The Bertz CT molecular complexity index is 616. The van der Waals surface area contributed by atoms with Crippen LogP contribution >= 0.6 is 0 Å². The van der Waals surface area contributed by atoms with Gasteiger partial charge in [0.15, 0.2) is 0 Å². The van der Waals surface area contributed by atoms with Crippen LogP contribution in [0, 0.1) is 10.1 Å². The summed E-state index contributed by atoms with van der Waals surface area (Å²) in [5.74, 6) is -0.310. The molecule has 0 saturated heterocycles. The summed E-state index contributed by atoms with van der Waals surface area (Å²) in [4.78, 5) is 25.7. The molecule has 1 aromatic carbocycles. The van der Waals surface area contributed by atoms with Crippen LogP contribution in [-0.4, -0.2) is 15.8 Å². The first-order chi connectivity index (χ1) is 9.66. The Kier molecular flexibility index (Phi) is 4.23. The highest BCUT2D eigenvalue weighted by Crippen LogP contribution is 2.19. The molecule has 0 fully saturated rings. The quantitative estimate of drug-likeness (QED) is 0.637. The molecule has 1 aromatic heterocycles. The molecule has 0 bridgehead atoms. The van der Waals surface area contributed by atoms with E-state index in [0.29, 0.717) is 0 Å². The third-order valence-electron chi connectivity index (χ3n) is 2.51. The highest BCUT2D eigenvalue weighted by molar-refractivity contribution is 5.80. The highest BCUT2D eigenvalue weighted by Gasteiger charge is 2.14. The van der Waals surface area contributed by atoms with Crippen molar-refractivity contribution in [1.82, 2.24) is 10.4 Å². The fraction of sp³-hybridized carbons (Fsp3) is 0.0769. The number of nitro groups is 1. The maximum Gasteiger partial charge on any atom is 0.313 e. The third kappa shape index (κ3) is 3.52. The molecule has 0 aliphatic carbocycles. The molecule has 0 aliphatic rings. The van der Waals surface area contributed by atoms with Crippen molar-refractivity contribution in [2.24, 2.45) is 0 Å². The number of amides is 1. The zero-order valence-electron chi connectivity index (χ0n) is 10.4. The number of hydrogen-bond acceptors (Lipinski definition) is 5. The fourth-order valence-corrected chi connectivity index (χ4v) is 1.59. The molecule has 7 nitrogen and oxygen atoms in total. The van der Waals surface area contributed by atoms with E-state index in [0.717, 1.165) is 5.56 Å². The van der Waals surface area contributed by atoms with Crippen molar-refractivity contribution < 1.29 is 9.72 Å². The number of nitrogens with one attached hydrogen (secondary N) is 2. The number of hydrogen-bond donors (Lipinski definition) is 2. The number of nitrogens with zero attached hydrogens (tertiary/aromatic N) is 2. The van der Waals surface area contributed by atoms with Crippen LogP contribution in [0.1, 0.15) is 5.56 Å². The molecule has 2 aromatic rings. The largest absolute Gasteiger partial charge is 0.313 e. The summed E-state index contributed by atoms with van der Waals surface area (Å²) in [6.07, 6.45) is 1.58. The van der Waals surface area contributed by atoms with Gasteiger partial charge >= 0.3 is 5.69 Å². The van der Waals surface area contributed by atoms with Crippen LogP contribution in [0.4, 0.5) is 11.5 Å². The summed E-state index contributed by atoms with van der Waals surface area (Å²) < 4.78 is 0. The first-order valence-corrected chi connectivity index (χ1v) is 5.85. The van der Waals surface area contributed by atoms with E-state index in [1.54, 1.807) is 0 Å². The Balaban J connectivity index is 1.96. The standard InChI is InChI=1S/C13H12N4O3/c18-12(9-10-5-2-1-3-6-10)15-16-13-11(17(19)20)7-4-8-14-13/h1-8H,9H2,(H,14,16)(H,15,18). The number of hydrazine groups is 1. The minimum absolute atomic E-state index is 0.00101. The summed E-state index contributed by atoms with van der Waals surface area (Å²) in [6, 6.07) is 11.9. The van der Waals surface area contributed by atoms with E-state index in [2.05, 4.69) is 15.8 Å². The lowest BCUT2D eigenvalue weighted by atomic mass is 10.1. The Labute approximate surface area is 114 Å². The maximum atomic E-state index is 11.7. The summed E-state index contributed by atoms with van der Waals surface area (Å²) >= 11 is 0. The van der Waals surface area contributed by atoms with Gasteiger partial charge in [0.25, 0.3) is 0 Å². The van der Waals surface area contributed by atoms with Gasteiger partial charge in [-0.25, -0.2) is 4.98 Å². The highest BCUT2D eigenvalue weighted by atomic mass is 16.6. The van der Waals surface area contributed by atoms with Gasteiger partial charge in [0.1, 0.15) is 0 Å². The van der Waals surface area contributed by atoms with Crippen LogP contribution in [0.15, 0.2) is 48.7 Å². The normalized spacial score (nSPS) is 9.80. The Morgan fingerprint density at radius 1 is 1.20 bits per heavy atom. The minimum Gasteiger partial charge on any atom is -0.276 e. The Hall–Kier alpha value is -2.96. The van der Waals surface area contributed by atoms with Gasteiger partial charge in [0.05, 0.1) is 11.3 Å². The predicted octanol–water partition coefficient (Wildman–Crippen LogP) is 1.68. The number of pyridine rings is 1. The van der Waals surface area contributed by atoms with Crippen LogP contribution in [0.3, 0.4) is 0 Å². The topological polar surface area (TPSA) is 97.2 Å². The van der Waals surface area contributed by atoms with E-state index in [1.807, 2.05) is 30.3 Å². The molecule has 0 atom stereocenters. The molecule has 0 radical (unpaired) electrons. The molecule has 0 aliphatic heterocycles. The number of carbonyl (C=O) groups excluding carboxylic acids is 1. The number of carbonyl (C=O) groups is 1. The number of anilines is 1. The lowest BCUT2D eigenvalue weighted by molar-refractivity contribution is -0.384. The molecular formula is C13H12N4O3. The summed E-state index contributed by atoms with van der Waals surface area (Å²) in [6.45, 7) is 0. The van der Waals surface area contributed by atoms with Gasteiger partial charge in [-0.3, -0.25) is 25.8 Å². The van der Waals surface area contributed by atoms with Gasteiger partial charge in [0, 0.05) is 12.3 Å². The minimum atomic E-state index is -0.571. The second-order valence-electron chi connectivity index (χ2n) is 3.96. The fourth-order valence-electron chi connectivity index (χ4n) is 1.59. The van der Waals surface area contributed by atoms with Crippen LogP contribution in [0.2, 0.25) is 0 Å². The first-order valence-electron chi connectivity index (χ1n) is 5.85. The lowest BCUT2D eigenvalue weighted by Crippen LogP contribution is -2.31. The van der Waals surface area contributed by atoms with E-state index in [-0.39, 0.29) is 23.8 Å². The van der Waals surface area contributed by atoms with Crippen molar-refractivity contribution in [3.8, 4) is 0 Å². The zero-order chi connectivity index (χ0) is 14.4. The van der Waals surface area contributed by atoms with Crippen molar-refractivity contribution in [1.29, 1.82) is 0 Å². The SMILES string of the molecule is O=C(Cc1ccccc1)NNc1ncccc1[N+](=O)[O-]. The molecule has 1 heterocycles. The Morgan fingerprint density at radius 2 is 1.95 bits per heavy atom.